The number of nitrogens with zero attached hydrogens (tertiary/aromatic N) is 2. The van der Waals surface area contributed by atoms with E-state index in [1.807, 2.05) is 4.90 Å². The topological polar surface area (TPSA) is 35.6 Å². The van der Waals surface area contributed by atoms with Crippen molar-refractivity contribution in [2.24, 2.45) is 5.92 Å². The second-order valence-corrected chi connectivity index (χ2v) is 6.33. The van der Waals surface area contributed by atoms with Gasteiger partial charge >= 0.3 is 6.03 Å². The lowest BCUT2D eigenvalue weighted by atomic mass is 10.0. The molecule has 19 heavy (non-hydrogen) atoms. The number of rotatable bonds is 3. The Morgan fingerprint density at radius 2 is 1.95 bits per heavy atom. The summed E-state index contributed by atoms with van der Waals surface area (Å²) in [5, 5.41) is 3.12. The largest absolute Gasteiger partial charge is 0.336 e. The molecule has 2 aliphatic heterocycles. The molecular weight excluding hydrogens is 238 g/mol. The maximum atomic E-state index is 12.1. The lowest BCUT2D eigenvalue weighted by Crippen LogP contribution is -2.49. The van der Waals surface area contributed by atoms with Crippen LogP contribution in [-0.4, -0.2) is 54.6 Å². The Hall–Kier alpha value is -0.770. The molecule has 110 valence electrons. The molecular formula is C15H29N3O. The first-order valence-corrected chi connectivity index (χ1v) is 7.93. The average Bonchev–Trinajstić information content (AvgIpc) is 2.45. The average molecular weight is 267 g/mol. The standard InChI is InChI=1S/C15H29N3O/c1-13-7-6-10-18(12-13)15(19)16-11-14(2)17-8-4-3-5-9-17/h13-14H,3-12H2,1-2H3,(H,16,19). The summed E-state index contributed by atoms with van der Waals surface area (Å²) < 4.78 is 0. The minimum absolute atomic E-state index is 0.135. The summed E-state index contributed by atoms with van der Waals surface area (Å²) >= 11 is 0. The number of piperidine rings is 2. The van der Waals surface area contributed by atoms with E-state index in [1.54, 1.807) is 0 Å². The number of likely N-dealkylation sites (tertiary alicyclic amines) is 2. The molecule has 2 unspecified atom stereocenters. The number of nitrogens with one attached hydrogen (secondary N) is 1. The minimum Gasteiger partial charge on any atom is -0.336 e. The van der Waals surface area contributed by atoms with E-state index >= 15 is 0 Å². The zero-order valence-corrected chi connectivity index (χ0v) is 12.5. The van der Waals surface area contributed by atoms with Crippen molar-refractivity contribution in [1.82, 2.24) is 15.1 Å². The van der Waals surface area contributed by atoms with Crippen molar-refractivity contribution in [3.63, 3.8) is 0 Å². The zero-order valence-electron chi connectivity index (χ0n) is 12.5. The zero-order chi connectivity index (χ0) is 13.7. The fraction of sp³-hybridized carbons (Fsp3) is 0.933. The SMILES string of the molecule is CC1CCCN(C(=O)NCC(C)N2CCCCC2)C1. The number of amides is 2. The maximum Gasteiger partial charge on any atom is 0.317 e. The molecule has 2 amide bonds. The van der Waals surface area contributed by atoms with Gasteiger partial charge in [-0.1, -0.05) is 13.3 Å². The Morgan fingerprint density at radius 3 is 2.63 bits per heavy atom. The molecule has 2 saturated heterocycles. The Morgan fingerprint density at radius 1 is 1.21 bits per heavy atom. The first kappa shape index (κ1) is 14.6. The third-order valence-electron chi connectivity index (χ3n) is 4.51. The molecule has 0 spiro atoms. The minimum atomic E-state index is 0.135. The van der Waals surface area contributed by atoms with E-state index in [4.69, 9.17) is 0 Å². The molecule has 0 bridgehead atoms. The van der Waals surface area contributed by atoms with E-state index in [-0.39, 0.29) is 6.03 Å². The molecule has 2 atom stereocenters. The first-order valence-electron chi connectivity index (χ1n) is 7.93. The molecule has 1 N–H and O–H groups in total. The van der Waals surface area contributed by atoms with Gasteiger partial charge in [-0.3, -0.25) is 4.90 Å². The highest BCUT2D eigenvalue weighted by molar-refractivity contribution is 5.74. The van der Waals surface area contributed by atoms with Crippen molar-refractivity contribution in [1.29, 1.82) is 0 Å². The number of hydrogen-bond acceptors (Lipinski definition) is 2. The molecule has 0 aromatic carbocycles. The van der Waals surface area contributed by atoms with Gasteiger partial charge in [0.15, 0.2) is 0 Å². The predicted molar refractivity (Wildman–Crippen MR) is 78.3 cm³/mol. The monoisotopic (exact) mass is 267 g/mol. The smallest absolute Gasteiger partial charge is 0.317 e. The van der Waals surface area contributed by atoms with Crippen LogP contribution in [0.3, 0.4) is 0 Å². The van der Waals surface area contributed by atoms with Gasteiger partial charge in [-0.25, -0.2) is 4.79 Å². The van der Waals surface area contributed by atoms with Gasteiger partial charge in [0.1, 0.15) is 0 Å². The molecule has 0 radical (unpaired) electrons. The highest BCUT2D eigenvalue weighted by Crippen LogP contribution is 2.15. The molecule has 4 heteroatoms. The molecule has 4 nitrogen and oxygen atoms in total. The normalized spacial score (nSPS) is 27.1. The van der Waals surface area contributed by atoms with Crippen LogP contribution < -0.4 is 5.32 Å². The van der Waals surface area contributed by atoms with Gasteiger partial charge in [-0.05, 0) is 51.6 Å². The van der Waals surface area contributed by atoms with E-state index in [2.05, 4.69) is 24.1 Å². The number of carbonyl (C=O) groups excluding carboxylic acids is 1. The lowest BCUT2D eigenvalue weighted by Gasteiger charge is -2.34. The molecule has 0 saturated carbocycles. The van der Waals surface area contributed by atoms with Gasteiger partial charge in [0.25, 0.3) is 0 Å². The summed E-state index contributed by atoms with van der Waals surface area (Å²) in [6, 6.07) is 0.599. The van der Waals surface area contributed by atoms with E-state index in [9.17, 15) is 4.79 Å². The Labute approximate surface area is 117 Å². The second kappa shape index (κ2) is 7.13. The second-order valence-electron chi connectivity index (χ2n) is 6.33. The Bertz CT molecular complexity index is 289. The third kappa shape index (κ3) is 4.37. The summed E-state index contributed by atoms with van der Waals surface area (Å²) in [7, 11) is 0. The van der Waals surface area contributed by atoms with Crippen molar-refractivity contribution < 1.29 is 4.79 Å². The molecule has 2 fully saturated rings. The molecule has 2 heterocycles. The molecule has 0 aromatic rings. The highest BCUT2D eigenvalue weighted by Gasteiger charge is 2.22. The van der Waals surface area contributed by atoms with Crippen LogP contribution in [0.15, 0.2) is 0 Å². The molecule has 2 aliphatic rings. The van der Waals surface area contributed by atoms with Crippen molar-refractivity contribution in [3.05, 3.63) is 0 Å². The fourth-order valence-electron chi connectivity index (χ4n) is 3.21. The molecule has 0 aromatic heterocycles. The summed E-state index contributed by atoms with van der Waals surface area (Å²) in [5.74, 6) is 0.652. The van der Waals surface area contributed by atoms with Gasteiger partial charge in [-0.2, -0.15) is 0 Å². The van der Waals surface area contributed by atoms with E-state index < -0.39 is 0 Å². The van der Waals surface area contributed by atoms with Crippen molar-refractivity contribution in [2.75, 3.05) is 32.7 Å². The summed E-state index contributed by atoms with van der Waals surface area (Å²) in [4.78, 5) is 16.6. The lowest BCUT2D eigenvalue weighted by molar-refractivity contribution is 0.152. The number of urea groups is 1. The fourth-order valence-corrected chi connectivity index (χ4v) is 3.21. The first-order chi connectivity index (χ1) is 9.16. The quantitative estimate of drug-likeness (QED) is 0.851. The summed E-state index contributed by atoms with van der Waals surface area (Å²) in [6.45, 7) is 9.47. The van der Waals surface area contributed by atoms with E-state index in [1.165, 1.54) is 38.8 Å². The van der Waals surface area contributed by atoms with Gasteiger partial charge < -0.3 is 10.2 Å². The summed E-state index contributed by atoms with van der Waals surface area (Å²) in [5.41, 5.74) is 0. The van der Waals surface area contributed by atoms with Crippen LogP contribution in [0, 0.1) is 5.92 Å². The molecule has 2 rings (SSSR count). The van der Waals surface area contributed by atoms with Gasteiger partial charge in [0, 0.05) is 25.7 Å². The van der Waals surface area contributed by atoms with Gasteiger partial charge in [0.05, 0.1) is 0 Å². The van der Waals surface area contributed by atoms with Crippen LogP contribution in [0.5, 0.6) is 0 Å². The van der Waals surface area contributed by atoms with Crippen LogP contribution in [0.2, 0.25) is 0 Å². The highest BCUT2D eigenvalue weighted by atomic mass is 16.2. The van der Waals surface area contributed by atoms with Crippen LogP contribution in [-0.2, 0) is 0 Å². The number of hydrogen-bond donors (Lipinski definition) is 1. The predicted octanol–water partition coefficient (Wildman–Crippen LogP) is 2.30. The van der Waals surface area contributed by atoms with Crippen molar-refractivity contribution >= 4 is 6.03 Å². The van der Waals surface area contributed by atoms with Crippen LogP contribution in [0.4, 0.5) is 4.79 Å². The van der Waals surface area contributed by atoms with Crippen molar-refractivity contribution in [3.8, 4) is 0 Å². The van der Waals surface area contributed by atoms with E-state index in [0.717, 1.165) is 26.1 Å². The van der Waals surface area contributed by atoms with Gasteiger partial charge in [0.2, 0.25) is 0 Å². The van der Waals surface area contributed by atoms with Crippen LogP contribution in [0.25, 0.3) is 0 Å². The summed E-state index contributed by atoms with van der Waals surface area (Å²) in [6.07, 6.45) is 6.38. The van der Waals surface area contributed by atoms with Crippen molar-refractivity contribution in [2.45, 2.75) is 52.0 Å². The Balaban J connectivity index is 1.70. The van der Waals surface area contributed by atoms with E-state index in [0.29, 0.717) is 12.0 Å². The maximum absolute atomic E-state index is 12.1. The molecule has 0 aliphatic carbocycles. The van der Waals surface area contributed by atoms with Gasteiger partial charge in [-0.15, -0.1) is 0 Å². The Kier molecular flexibility index (Phi) is 5.49. The third-order valence-corrected chi connectivity index (χ3v) is 4.51. The van der Waals surface area contributed by atoms with Crippen LogP contribution in [0.1, 0.15) is 46.0 Å². The van der Waals surface area contributed by atoms with Crippen LogP contribution >= 0.6 is 0 Å². The number of carbonyl (C=O) groups is 1.